The molecule has 1 aromatic heterocycles. The van der Waals surface area contributed by atoms with Crippen molar-refractivity contribution in [3.8, 4) is 0 Å². The van der Waals surface area contributed by atoms with Crippen molar-refractivity contribution in [3.05, 3.63) is 42.1 Å². The van der Waals surface area contributed by atoms with E-state index in [1.54, 1.807) is 0 Å². The zero-order chi connectivity index (χ0) is 12.9. The first-order valence-electron chi connectivity index (χ1n) is 7.06. The highest BCUT2D eigenvalue weighted by molar-refractivity contribution is 5.84. The predicted octanol–water partition coefficient (Wildman–Crippen LogP) is 3.44. The second kappa shape index (κ2) is 5.83. The Morgan fingerprint density at radius 3 is 2.58 bits per heavy atom. The Morgan fingerprint density at radius 1 is 0.947 bits per heavy atom. The van der Waals surface area contributed by atoms with Gasteiger partial charge in [-0.3, -0.25) is 5.01 Å². The molecule has 98 valence electrons. The smallest absolute Gasteiger partial charge is 0.0837 e. The molecular formula is C16H19N3. The summed E-state index contributed by atoms with van der Waals surface area (Å²) in [5.41, 5.74) is 1.96. The van der Waals surface area contributed by atoms with Crippen LogP contribution in [0.5, 0.6) is 0 Å². The third-order valence-corrected chi connectivity index (χ3v) is 3.56. The molecule has 1 fully saturated rings. The number of pyridine rings is 1. The number of para-hydroxylation sites is 1. The van der Waals surface area contributed by atoms with Crippen LogP contribution in [0.4, 0.5) is 0 Å². The van der Waals surface area contributed by atoms with Gasteiger partial charge in [0.05, 0.1) is 17.4 Å². The Morgan fingerprint density at radius 2 is 1.74 bits per heavy atom. The Labute approximate surface area is 114 Å². The third-order valence-electron chi connectivity index (χ3n) is 3.56. The molecule has 3 nitrogen and oxygen atoms in total. The average Bonchev–Trinajstić information content (AvgIpc) is 2.73. The van der Waals surface area contributed by atoms with Crippen LogP contribution in [-0.2, 0) is 0 Å². The van der Waals surface area contributed by atoms with Gasteiger partial charge in [0.2, 0.25) is 0 Å². The van der Waals surface area contributed by atoms with E-state index in [1.807, 2.05) is 30.5 Å². The van der Waals surface area contributed by atoms with Gasteiger partial charge in [0.25, 0.3) is 0 Å². The number of hydrogen-bond acceptors (Lipinski definition) is 3. The van der Waals surface area contributed by atoms with Gasteiger partial charge < -0.3 is 0 Å². The standard InChI is InChI=1S/C16H19N3/c1-2-6-12-19(11-5-1)17-13-15-10-9-14-7-3-4-8-16(14)18-15/h3-4,7-10,13H,1-2,5-6,11-12H2/b17-13+. The van der Waals surface area contributed by atoms with Gasteiger partial charge in [-0.25, -0.2) is 4.98 Å². The van der Waals surface area contributed by atoms with Crippen molar-refractivity contribution >= 4 is 17.1 Å². The van der Waals surface area contributed by atoms with E-state index < -0.39 is 0 Å². The number of aromatic nitrogens is 1. The molecule has 1 aromatic carbocycles. The molecule has 0 bridgehead atoms. The molecule has 0 saturated carbocycles. The van der Waals surface area contributed by atoms with Crippen molar-refractivity contribution in [1.82, 2.24) is 9.99 Å². The van der Waals surface area contributed by atoms with Crippen LogP contribution in [0.1, 0.15) is 31.4 Å². The van der Waals surface area contributed by atoms with E-state index in [0.29, 0.717) is 0 Å². The lowest BCUT2D eigenvalue weighted by Gasteiger charge is -2.15. The van der Waals surface area contributed by atoms with E-state index in [1.165, 1.54) is 31.1 Å². The lowest BCUT2D eigenvalue weighted by atomic mass is 10.2. The van der Waals surface area contributed by atoms with Gasteiger partial charge in [0.15, 0.2) is 0 Å². The number of hydrazone groups is 1. The lowest BCUT2D eigenvalue weighted by Crippen LogP contribution is -2.18. The molecule has 3 rings (SSSR count). The highest BCUT2D eigenvalue weighted by atomic mass is 15.4. The minimum atomic E-state index is 0.933. The first kappa shape index (κ1) is 12.2. The van der Waals surface area contributed by atoms with Gasteiger partial charge in [-0.05, 0) is 25.0 Å². The van der Waals surface area contributed by atoms with Gasteiger partial charge in [-0.2, -0.15) is 5.10 Å². The quantitative estimate of drug-likeness (QED) is 0.767. The Hall–Kier alpha value is -1.90. The molecule has 3 heteroatoms. The molecule has 0 N–H and O–H groups in total. The molecule has 0 aliphatic carbocycles. The van der Waals surface area contributed by atoms with Crippen molar-refractivity contribution < 1.29 is 0 Å². The first-order valence-corrected chi connectivity index (χ1v) is 7.06. The maximum atomic E-state index is 4.61. The summed E-state index contributed by atoms with van der Waals surface area (Å²) in [5.74, 6) is 0. The monoisotopic (exact) mass is 253 g/mol. The van der Waals surface area contributed by atoms with E-state index >= 15 is 0 Å². The minimum absolute atomic E-state index is 0.933. The maximum absolute atomic E-state index is 4.61. The van der Waals surface area contributed by atoms with Crippen LogP contribution in [0.3, 0.4) is 0 Å². The van der Waals surface area contributed by atoms with Crippen molar-refractivity contribution in [2.75, 3.05) is 13.1 Å². The van der Waals surface area contributed by atoms with Gasteiger partial charge in [0, 0.05) is 18.5 Å². The summed E-state index contributed by atoms with van der Waals surface area (Å²) >= 11 is 0. The molecule has 1 saturated heterocycles. The molecule has 0 spiro atoms. The predicted molar refractivity (Wildman–Crippen MR) is 79.4 cm³/mol. The van der Waals surface area contributed by atoms with Crippen LogP contribution >= 0.6 is 0 Å². The summed E-state index contributed by atoms with van der Waals surface area (Å²) < 4.78 is 0. The number of hydrogen-bond donors (Lipinski definition) is 0. The van der Waals surface area contributed by atoms with E-state index in [-0.39, 0.29) is 0 Å². The second-order valence-corrected chi connectivity index (χ2v) is 5.04. The van der Waals surface area contributed by atoms with Crippen LogP contribution in [0.25, 0.3) is 10.9 Å². The van der Waals surface area contributed by atoms with E-state index in [0.717, 1.165) is 24.3 Å². The fourth-order valence-electron chi connectivity index (χ4n) is 2.46. The van der Waals surface area contributed by atoms with Crippen molar-refractivity contribution in [3.63, 3.8) is 0 Å². The number of nitrogens with zero attached hydrogens (tertiary/aromatic N) is 3. The van der Waals surface area contributed by atoms with E-state index in [9.17, 15) is 0 Å². The molecule has 2 aromatic rings. The van der Waals surface area contributed by atoms with Gasteiger partial charge in [-0.1, -0.05) is 37.1 Å². The van der Waals surface area contributed by atoms with Crippen molar-refractivity contribution in [1.29, 1.82) is 0 Å². The fraction of sp³-hybridized carbons (Fsp3) is 0.375. The topological polar surface area (TPSA) is 28.5 Å². The molecule has 0 unspecified atom stereocenters. The SMILES string of the molecule is C(=N\N1CCCCCC1)/c1ccc2ccccc2n1. The number of rotatable bonds is 2. The normalized spacial score (nSPS) is 16.9. The van der Waals surface area contributed by atoms with Gasteiger partial charge in [0.1, 0.15) is 0 Å². The van der Waals surface area contributed by atoms with Crippen molar-refractivity contribution in [2.45, 2.75) is 25.7 Å². The highest BCUT2D eigenvalue weighted by Crippen LogP contribution is 2.12. The van der Waals surface area contributed by atoms with Crippen LogP contribution in [-0.4, -0.2) is 29.3 Å². The van der Waals surface area contributed by atoms with Gasteiger partial charge in [-0.15, -0.1) is 0 Å². The lowest BCUT2D eigenvalue weighted by molar-refractivity contribution is 0.302. The summed E-state index contributed by atoms with van der Waals surface area (Å²) in [6, 6.07) is 12.3. The molecule has 2 heterocycles. The van der Waals surface area contributed by atoms with E-state index in [2.05, 4.69) is 27.2 Å². The zero-order valence-electron chi connectivity index (χ0n) is 11.1. The minimum Gasteiger partial charge on any atom is -0.297 e. The van der Waals surface area contributed by atoms with Crippen LogP contribution in [0, 0.1) is 0 Å². The molecule has 19 heavy (non-hydrogen) atoms. The summed E-state index contributed by atoms with van der Waals surface area (Å²) in [4.78, 5) is 4.61. The van der Waals surface area contributed by atoms with Crippen LogP contribution < -0.4 is 0 Å². The summed E-state index contributed by atoms with van der Waals surface area (Å²) in [7, 11) is 0. The molecule has 0 radical (unpaired) electrons. The molecule has 1 aliphatic heterocycles. The highest BCUT2D eigenvalue weighted by Gasteiger charge is 2.05. The van der Waals surface area contributed by atoms with E-state index in [4.69, 9.17) is 0 Å². The average molecular weight is 253 g/mol. The zero-order valence-corrected chi connectivity index (χ0v) is 11.1. The Bertz CT molecular complexity index is 569. The second-order valence-electron chi connectivity index (χ2n) is 5.04. The van der Waals surface area contributed by atoms with Crippen LogP contribution in [0.2, 0.25) is 0 Å². The summed E-state index contributed by atoms with van der Waals surface area (Å²) in [6.07, 6.45) is 7.06. The number of benzene rings is 1. The molecule has 0 amide bonds. The third kappa shape index (κ3) is 3.11. The molecular weight excluding hydrogens is 234 g/mol. The summed E-state index contributed by atoms with van der Waals surface area (Å²) in [6.45, 7) is 2.15. The largest absolute Gasteiger partial charge is 0.297 e. The Balaban J connectivity index is 1.76. The maximum Gasteiger partial charge on any atom is 0.0837 e. The fourth-order valence-corrected chi connectivity index (χ4v) is 2.46. The summed E-state index contributed by atoms with van der Waals surface area (Å²) in [5, 5.41) is 7.91. The molecule has 0 atom stereocenters. The van der Waals surface area contributed by atoms with Crippen molar-refractivity contribution in [2.24, 2.45) is 5.10 Å². The van der Waals surface area contributed by atoms with Crippen LogP contribution in [0.15, 0.2) is 41.5 Å². The number of fused-ring (bicyclic) bond motifs is 1. The first-order chi connectivity index (χ1) is 9.42. The van der Waals surface area contributed by atoms with Gasteiger partial charge >= 0.3 is 0 Å². The Kier molecular flexibility index (Phi) is 3.73. The molecule has 1 aliphatic rings.